The number of anilines is 1. The van der Waals surface area contributed by atoms with Crippen LogP contribution in [0.1, 0.15) is 16.8 Å². The number of hydrogen-bond acceptors (Lipinski definition) is 4. The number of ether oxygens (including phenoxy) is 1. The molecular formula is C12H17N3O2. The average molecular weight is 235 g/mol. The van der Waals surface area contributed by atoms with Crippen LogP contribution in [0.5, 0.6) is 0 Å². The van der Waals surface area contributed by atoms with E-state index in [-0.39, 0.29) is 11.9 Å². The lowest BCUT2D eigenvalue weighted by Gasteiger charge is -2.24. The summed E-state index contributed by atoms with van der Waals surface area (Å²) >= 11 is 0. The van der Waals surface area contributed by atoms with Crippen molar-refractivity contribution in [3.8, 4) is 0 Å². The maximum atomic E-state index is 12.3. The van der Waals surface area contributed by atoms with Crippen LogP contribution in [0.2, 0.25) is 0 Å². The average Bonchev–Trinajstić information content (AvgIpc) is 2.90. The molecule has 5 heteroatoms. The summed E-state index contributed by atoms with van der Waals surface area (Å²) in [6.07, 6.45) is 4.20. The number of carbonyl (C=O) groups is 1. The molecule has 1 saturated heterocycles. The molecule has 1 aliphatic rings. The van der Waals surface area contributed by atoms with E-state index in [4.69, 9.17) is 4.74 Å². The number of carbonyl (C=O) groups excluding carboxylic acids is 1. The molecule has 0 saturated carbocycles. The Morgan fingerprint density at radius 3 is 3.12 bits per heavy atom. The third-order valence-electron chi connectivity index (χ3n) is 3.09. The van der Waals surface area contributed by atoms with Crippen molar-refractivity contribution in [1.82, 2.24) is 9.88 Å². The van der Waals surface area contributed by atoms with E-state index in [2.05, 4.69) is 10.3 Å². The number of pyridine rings is 1. The molecular weight excluding hydrogens is 218 g/mol. The van der Waals surface area contributed by atoms with Gasteiger partial charge in [0, 0.05) is 26.9 Å². The molecule has 0 radical (unpaired) electrons. The van der Waals surface area contributed by atoms with Gasteiger partial charge in [0.25, 0.3) is 5.91 Å². The zero-order valence-electron chi connectivity index (χ0n) is 10.1. The van der Waals surface area contributed by atoms with Gasteiger partial charge in [0.2, 0.25) is 0 Å². The molecule has 0 aliphatic carbocycles. The van der Waals surface area contributed by atoms with Crippen molar-refractivity contribution in [2.75, 3.05) is 32.6 Å². The van der Waals surface area contributed by atoms with Crippen LogP contribution in [0.15, 0.2) is 18.5 Å². The quantitative estimate of drug-likeness (QED) is 0.848. The number of amides is 1. The topological polar surface area (TPSA) is 54.5 Å². The summed E-state index contributed by atoms with van der Waals surface area (Å²) in [5.74, 6) is 0.00671. The fourth-order valence-corrected chi connectivity index (χ4v) is 1.96. The Morgan fingerprint density at radius 2 is 2.47 bits per heavy atom. The lowest BCUT2D eigenvalue weighted by atomic mass is 10.1. The Labute approximate surface area is 101 Å². The maximum Gasteiger partial charge on any atom is 0.256 e. The lowest BCUT2D eigenvalue weighted by Crippen LogP contribution is -2.37. The third kappa shape index (κ3) is 2.39. The Morgan fingerprint density at radius 1 is 1.65 bits per heavy atom. The van der Waals surface area contributed by atoms with Gasteiger partial charge in [-0.05, 0) is 12.5 Å². The van der Waals surface area contributed by atoms with Gasteiger partial charge in [-0.2, -0.15) is 0 Å². The number of rotatable bonds is 3. The van der Waals surface area contributed by atoms with Crippen LogP contribution in [-0.4, -0.2) is 49.1 Å². The minimum absolute atomic E-state index is 0.00671. The van der Waals surface area contributed by atoms with E-state index >= 15 is 0 Å². The van der Waals surface area contributed by atoms with E-state index in [9.17, 15) is 4.79 Å². The first-order chi connectivity index (χ1) is 8.24. The molecule has 1 amide bonds. The van der Waals surface area contributed by atoms with Crippen LogP contribution in [0, 0.1) is 0 Å². The molecule has 1 aromatic rings. The summed E-state index contributed by atoms with van der Waals surface area (Å²) in [6.45, 7) is 1.36. The zero-order chi connectivity index (χ0) is 12.3. The second-order valence-corrected chi connectivity index (χ2v) is 4.10. The summed E-state index contributed by atoms with van der Waals surface area (Å²) < 4.78 is 5.30. The first-order valence-electron chi connectivity index (χ1n) is 5.70. The highest BCUT2D eigenvalue weighted by Gasteiger charge is 2.25. The Hall–Kier alpha value is -1.62. The van der Waals surface area contributed by atoms with E-state index in [0.717, 1.165) is 18.7 Å². The van der Waals surface area contributed by atoms with Crippen molar-refractivity contribution in [2.24, 2.45) is 0 Å². The number of hydrogen-bond donors (Lipinski definition) is 1. The Bertz CT molecular complexity index is 402. The molecule has 1 atom stereocenters. The molecule has 1 aromatic heterocycles. The van der Waals surface area contributed by atoms with E-state index < -0.39 is 0 Å². The largest absolute Gasteiger partial charge is 0.386 e. The van der Waals surface area contributed by atoms with E-state index in [1.807, 2.05) is 7.05 Å². The van der Waals surface area contributed by atoms with Gasteiger partial charge in [0.15, 0.2) is 0 Å². The predicted molar refractivity (Wildman–Crippen MR) is 65.1 cm³/mol. The highest BCUT2D eigenvalue weighted by molar-refractivity contribution is 5.99. The fraction of sp³-hybridized carbons (Fsp3) is 0.500. The first kappa shape index (κ1) is 11.9. The lowest BCUT2D eigenvalue weighted by molar-refractivity contribution is 0.0712. The molecule has 0 bridgehead atoms. The molecule has 1 fully saturated rings. The van der Waals surface area contributed by atoms with Crippen molar-refractivity contribution in [1.29, 1.82) is 0 Å². The van der Waals surface area contributed by atoms with Crippen molar-refractivity contribution in [3.63, 3.8) is 0 Å². The normalized spacial score (nSPS) is 19.1. The van der Waals surface area contributed by atoms with Gasteiger partial charge >= 0.3 is 0 Å². The van der Waals surface area contributed by atoms with Gasteiger partial charge < -0.3 is 15.0 Å². The summed E-state index contributed by atoms with van der Waals surface area (Å²) in [4.78, 5) is 18.1. The number of aromatic nitrogens is 1. The molecule has 1 unspecified atom stereocenters. The molecule has 17 heavy (non-hydrogen) atoms. The number of nitrogens with one attached hydrogen (secondary N) is 1. The van der Waals surface area contributed by atoms with Crippen LogP contribution < -0.4 is 5.32 Å². The Kier molecular flexibility index (Phi) is 3.58. The molecule has 1 N–H and O–H groups in total. The molecule has 5 nitrogen and oxygen atoms in total. The minimum atomic E-state index is 0.00671. The van der Waals surface area contributed by atoms with Crippen LogP contribution in [0.3, 0.4) is 0 Å². The predicted octanol–water partition coefficient (Wildman–Crippen LogP) is 0.984. The van der Waals surface area contributed by atoms with E-state index in [1.165, 1.54) is 0 Å². The third-order valence-corrected chi connectivity index (χ3v) is 3.09. The van der Waals surface area contributed by atoms with Crippen molar-refractivity contribution in [2.45, 2.75) is 12.5 Å². The fourth-order valence-electron chi connectivity index (χ4n) is 1.96. The standard InChI is InChI=1S/C12H17N3O2/c1-13-11-7-14-5-3-10(11)12(16)15(2)9-4-6-17-8-9/h3,5,7,9,13H,4,6,8H2,1-2H3. The van der Waals surface area contributed by atoms with E-state index in [0.29, 0.717) is 12.2 Å². The highest BCUT2D eigenvalue weighted by Crippen LogP contribution is 2.18. The zero-order valence-corrected chi connectivity index (χ0v) is 10.1. The molecule has 92 valence electrons. The number of likely N-dealkylation sites (N-methyl/N-ethyl adjacent to an activating group) is 1. The van der Waals surface area contributed by atoms with Crippen LogP contribution in [0.25, 0.3) is 0 Å². The monoisotopic (exact) mass is 235 g/mol. The van der Waals surface area contributed by atoms with E-state index in [1.54, 1.807) is 30.4 Å². The smallest absolute Gasteiger partial charge is 0.256 e. The van der Waals surface area contributed by atoms with Crippen LogP contribution in [-0.2, 0) is 4.74 Å². The molecule has 0 aromatic carbocycles. The number of nitrogens with zero attached hydrogens (tertiary/aromatic N) is 2. The van der Waals surface area contributed by atoms with Crippen LogP contribution in [0.4, 0.5) is 5.69 Å². The second-order valence-electron chi connectivity index (χ2n) is 4.10. The van der Waals surface area contributed by atoms with Gasteiger partial charge in [-0.25, -0.2) is 0 Å². The highest BCUT2D eigenvalue weighted by atomic mass is 16.5. The van der Waals surface area contributed by atoms with Gasteiger partial charge in [-0.15, -0.1) is 0 Å². The van der Waals surface area contributed by atoms with Gasteiger partial charge in [-0.1, -0.05) is 0 Å². The van der Waals surface area contributed by atoms with Crippen molar-refractivity contribution >= 4 is 11.6 Å². The summed E-state index contributed by atoms with van der Waals surface area (Å²) in [7, 11) is 3.61. The second kappa shape index (κ2) is 5.14. The molecule has 2 rings (SSSR count). The Balaban J connectivity index is 2.18. The summed E-state index contributed by atoms with van der Waals surface area (Å²) in [5.41, 5.74) is 1.40. The maximum absolute atomic E-state index is 12.3. The van der Waals surface area contributed by atoms with Gasteiger partial charge in [0.05, 0.1) is 30.1 Å². The SMILES string of the molecule is CNc1cnccc1C(=O)N(C)C1CCOC1. The van der Waals surface area contributed by atoms with Gasteiger partial charge in [0.1, 0.15) is 0 Å². The van der Waals surface area contributed by atoms with Crippen LogP contribution >= 0.6 is 0 Å². The summed E-state index contributed by atoms with van der Waals surface area (Å²) in [5, 5.41) is 2.98. The molecule has 1 aliphatic heterocycles. The molecule has 2 heterocycles. The molecule has 0 spiro atoms. The first-order valence-corrected chi connectivity index (χ1v) is 5.70. The minimum Gasteiger partial charge on any atom is -0.386 e. The van der Waals surface area contributed by atoms with Gasteiger partial charge in [-0.3, -0.25) is 9.78 Å². The van der Waals surface area contributed by atoms with Crippen molar-refractivity contribution in [3.05, 3.63) is 24.0 Å². The van der Waals surface area contributed by atoms with Crippen molar-refractivity contribution < 1.29 is 9.53 Å². The summed E-state index contributed by atoms with van der Waals surface area (Å²) in [6, 6.07) is 1.92.